The third-order valence-electron chi connectivity index (χ3n) is 6.96. The van der Waals surface area contributed by atoms with E-state index in [4.69, 9.17) is 9.47 Å². The second-order valence-corrected chi connectivity index (χ2v) is 11.5. The van der Waals surface area contributed by atoms with E-state index in [-0.39, 0.29) is 24.0 Å². The molecule has 1 N–H and O–H groups in total. The molecule has 12 heteroatoms. The Morgan fingerprint density at radius 2 is 1.48 bits per heavy atom. The molecule has 1 fully saturated rings. The molecule has 1 aliphatic rings. The number of hydrogen-bond donors (Lipinski definition) is 1. The van der Waals surface area contributed by atoms with Crippen LogP contribution in [0.5, 0.6) is 5.75 Å². The van der Waals surface area contributed by atoms with Gasteiger partial charge in [-0.25, -0.2) is 9.59 Å². The van der Waals surface area contributed by atoms with Gasteiger partial charge in [0.05, 0.1) is 5.56 Å². The van der Waals surface area contributed by atoms with Gasteiger partial charge < -0.3 is 19.5 Å². The van der Waals surface area contributed by atoms with E-state index in [0.29, 0.717) is 36.8 Å². The van der Waals surface area contributed by atoms with Crippen LogP contribution in [0.2, 0.25) is 0 Å². The molecule has 0 bridgehead atoms. The molecular weight excluding hydrogens is 568 g/mol. The number of cyclic esters (lactones) is 1. The highest BCUT2D eigenvalue weighted by molar-refractivity contribution is 5.81. The van der Waals surface area contributed by atoms with Crippen LogP contribution in [-0.2, 0) is 33.3 Å². The van der Waals surface area contributed by atoms with Crippen LogP contribution in [0.1, 0.15) is 63.6 Å². The molecule has 232 valence electrons. The number of nitrogens with one attached hydrogen (secondary N) is 1. The lowest BCUT2D eigenvalue weighted by atomic mass is 9.77. The van der Waals surface area contributed by atoms with E-state index in [0.717, 1.165) is 12.1 Å². The van der Waals surface area contributed by atoms with Crippen LogP contribution in [-0.4, -0.2) is 36.2 Å². The summed E-state index contributed by atoms with van der Waals surface area (Å²) in [7, 11) is 0. The average Bonchev–Trinajstić information content (AvgIpc) is 2.88. The van der Waals surface area contributed by atoms with Gasteiger partial charge in [0.2, 0.25) is 0 Å². The lowest BCUT2D eigenvalue weighted by molar-refractivity contribution is -0.274. The first kappa shape index (κ1) is 33.1. The van der Waals surface area contributed by atoms with Crippen LogP contribution in [0.25, 0.3) is 0 Å². The zero-order valence-corrected chi connectivity index (χ0v) is 23.8. The minimum Gasteiger partial charge on any atom is -0.461 e. The number of amides is 1. The van der Waals surface area contributed by atoms with Crippen molar-refractivity contribution in [2.45, 2.75) is 90.1 Å². The fourth-order valence-electron chi connectivity index (χ4n) is 5.05. The second-order valence-electron chi connectivity index (χ2n) is 11.5. The molecular formula is C30H35F6NO5. The highest BCUT2D eigenvalue weighted by atomic mass is 19.4. The lowest BCUT2D eigenvalue weighted by Crippen LogP contribution is -2.45. The molecule has 0 spiro atoms. The smallest absolute Gasteiger partial charge is 0.461 e. The predicted molar refractivity (Wildman–Crippen MR) is 142 cm³/mol. The molecule has 3 rings (SSSR count). The summed E-state index contributed by atoms with van der Waals surface area (Å²) >= 11 is 0. The highest BCUT2D eigenvalue weighted by Gasteiger charge is 2.36. The summed E-state index contributed by atoms with van der Waals surface area (Å²) in [5.41, 5.74) is -0.222. The Hall–Kier alpha value is -3.44. The van der Waals surface area contributed by atoms with Gasteiger partial charge in [-0.1, -0.05) is 30.7 Å². The van der Waals surface area contributed by atoms with Gasteiger partial charge in [-0.05, 0) is 94.7 Å². The number of alkyl carbamates (subject to hydrolysis) is 1. The van der Waals surface area contributed by atoms with Crippen molar-refractivity contribution >= 4 is 12.1 Å². The summed E-state index contributed by atoms with van der Waals surface area (Å²) in [6.45, 7) is 6.76. The molecule has 42 heavy (non-hydrogen) atoms. The van der Waals surface area contributed by atoms with Crippen LogP contribution in [0, 0.1) is 11.8 Å². The quantitative estimate of drug-likeness (QED) is 0.272. The van der Waals surface area contributed by atoms with E-state index in [1.165, 1.54) is 36.4 Å². The third kappa shape index (κ3) is 10.4. The largest absolute Gasteiger partial charge is 0.573 e. The molecule has 0 unspecified atom stereocenters. The first-order valence-electron chi connectivity index (χ1n) is 13.6. The van der Waals surface area contributed by atoms with Gasteiger partial charge in [0.1, 0.15) is 23.5 Å². The van der Waals surface area contributed by atoms with E-state index >= 15 is 0 Å². The summed E-state index contributed by atoms with van der Waals surface area (Å²) in [5.74, 6) is -1.54. The molecule has 6 nitrogen and oxygen atoms in total. The van der Waals surface area contributed by atoms with Gasteiger partial charge in [-0.2, -0.15) is 13.2 Å². The topological polar surface area (TPSA) is 73.9 Å². The van der Waals surface area contributed by atoms with Crippen LogP contribution in [0.4, 0.5) is 31.1 Å². The first-order valence-corrected chi connectivity index (χ1v) is 13.6. The number of alkyl halides is 6. The molecule has 1 heterocycles. The Bertz CT molecular complexity index is 1190. The zero-order chi connectivity index (χ0) is 31.3. The Morgan fingerprint density at radius 1 is 0.905 bits per heavy atom. The molecule has 1 aliphatic heterocycles. The van der Waals surface area contributed by atoms with Gasteiger partial charge in [0.25, 0.3) is 0 Å². The molecule has 0 saturated carbocycles. The van der Waals surface area contributed by atoms with Gasteiger partial charge in [-0.3, -0.25) is 0 Å². The van der Waals surface area contributed by atoms with Gasteiger partial charge in [0.15, 0.2) is 0 Å². The summed E-state index contributed by atoms with van der Waals surface area (Å²) in [6, 6.07) is 9.27. The third-order valence-corrected chi connectivity index (χ3v) is 6.96. The zero-order valence-electron chi connectivity index (χ0n) is 23.8. The van der Waals surface area contributed by atoms with Crippen molar-refractivity contribution in [1.82, 2.24) is 5.32 Å². The maximum atomic E-state index is 13.1. The molecule has 4 atom stereocenters. The molecule has 0 radical (unpaired) electrons. The van der Waals surface area contributed by atoms with Crippen LogP contribution < -0.4 is 10.1 Å². The van der Waals surface area contributed by atoms with Gasteiger partial charge in [-0.15, -0.1) is 13.2 Å². The number of carbonyl (C=O) groups is 2. The van der Waals surface area contributed by atoms with Gasteiger partial charge >= 0.3 is 24.6 Å². The second kappa shape index (κ2) is 13.2. The number of halogens is 6. The SMILES string of the molecule is C[C@@H]1OC(=O)[C@@H](NC(=O)OC(C)(C)C)CCC[C@H](Cc2ccc(C(F)(F)F)cc2)[C@H]1Cc1ccc(OC(F)(F)F)cc1. The van der Waals surface area contributed by atoms with E-state index in [9.17, 15) is 35.9 Å². The minimum atomic E-state index is -4.83. The Morgan fingerprint density at radius 3 is 2.02 bits per heavy atom. The monoisotopic (exact) mass is 603 g/mol. The van der Waals surface area contributed by atoms with Gasteiger partial charge in [0, 0.05) is 5.92 Å². The minimum absolute atomic E-state index is 0.170. The van der Waals surface area contributed by atoms with Crippen LogP contribution in [0.15, 0.2) is 48.5 Å². The van der Waals surface area contributed by atoms with E-state index < -0.39 is 47.9 Å². The highest BCUT2D eigenvalue weighted by Crippen LogP contribution is 2.35. The number of ether oxygens (including phenoxy) is 3. The summed E-state index contributed by atoms with van der Waals surface area (Å²) < 4.78 is 92.1. The first-order chi connectivity index (χ1) is 19.4. The lowest BCUT2D eigenvalue weighted by Gasteiger charge is -2.32. The predicted octanol–water partition coefficient (Wildman–Crippen LogP) is 7.63. The normalized spacial score (nSPS) is 22.3. The Labute approximate surface area is 240 Å². The fraction of sp³-hybridized carbons (Fsp3) is 0.533. The Kier molecular flexibility index (Phi) is 10.4. The molecule has 0 aromatic heterocycles. The summed E-state index contributed by atoms with van der Waals surface area (Å²) in [6.07, 6.45) is -8.78. The number of hydrogen-bond acceptors (Lipinski definition) is 5. The van der Waals surface area contributed by atoms with Crippen molar-refractivity contribution in [3.63, 3.8) is 0 Å². The van der Waals surface area contributed by atoms with E-state index in [2.05, 4.69) is 10.1 Å². The number of esters is 1. The number of benzene rings is 2. The Balaban J connectivity index is 1.85. The summed E-state index contributed by atoms with van der Waals surface area (Å²) in [5, 5.41) is 2.57. The van der Waals surface area contributed by atoms with E-state index in [1.807, 2.05) is 0 Å². The molecule has 0 aliphatic carbocycles. The van der Waals surface area contributed by atoms with Crippen molar-refractivity contribution in [2.24, 2.45) is 11.8 Å². The molecule has 2 aromatic rings. The standard InChI is InChI=1S/C30H35F6NO5/c1-18-24(17-20-10-14-23(15-11-20)41-30(34,35)36)21(16-19-8-12-22(13-9-19)29(31,32)33)6-5-7-25(26(38)40-18)37-27(39)42-28(2,3)4/h8-15,18,21,24-25H,5-7,16-17H2,1-4H3,(H,37,39)/t18-,21+,24-,25-/m0/s1. The maximum Gasteiger partial charge on any atom is 0.573 e. The van der Waals surface area contributed by atoms with Crippen molar-refractivity contribution in [3.05, 3.63) is 65.2 Å². The molecule has 2 aromatic carbocycles. The number of carbonyl (C=O) groups excluding carboxylic acids is 2. The number of rotatable bonds is 6. The van der Waals surface area contributed by atoms with Crippen molar-refractivity contribution in [3.8, 4) is 5.75 Å². The van der Waals surface area contributed by atoms with Crippen LogP contribution in [0.3, 0.4) is 0 Å². The van der Waals surface area contributed by atoms with Crippen molar-refractivity contribution < 1.29 is 50.1 Å². The van der Waals surface area contributed by atoms with Crippen LogP contribution >= 0.6 is 0 Å². The van der Waals surface area contributed by atoms with E-state index in [1.54, 1.807) is 27.7 Å². The maximum absolute atomic E-state index is 13.1. The average molecular weight is 604 g/mol. The van der Waals surface area contributed by atoms with Crippen molar-refractivity contribution in [2.75, 3.05) is 0 Å². The fourth-order valence-corrected chi connectivity index (χ4v) is 5.05. The molecule has 1 amide bonds. The summed E-state index contributed by atoms with van der Waals surface area (Å²) in [4.78, 5) is 25.4. The van der Waals surface area contributed by atoms with Crippen molar-refractivity contribution in [1.29, 1.82) is 0 Å². The molecule has 1 saturated heterocycles.